The molecule has 2 N–H and O–H groups in total. The number of aliphatic hydroxyl groups is 1. The lowest BCUT2D eigenvalue weighted by atomic mass is 10.3. The van der Waals surface area contributed by atoms with E-state index in [1.54, 1.807) is 6.92 Å². The second-order valence-electron chi connectivity index (χ2n) is 3.77. The van der Waals surface area contributed by atoms with Crippen LogP contribution in [0.15, 0.2) is 21.9 Å². The molecule has 0 fully saturated rings. The molecule has 7 nitrogen and oxygen atoms in total. The van der Waals surface area contributed by atoms with E-state index in [0.717, 1.165) is 9.13 Å². The first-order chi connectivity index (χ1) is 7.95. The molecule has 0 aliphatic heterocycles. The maximum atomic E-state index is 11.6. The van der Waals surface area contributed by atoms with Gasteiger partial charge in [0.25, 0.3) is 5.56 Å². The van der Waals surface area contributed by atoms with Gasteiger partial charge in [-0.15, -0.1) is 0 Å². The third kappa shape index (κ3) is 3.28. The molecule has 0 bridgehead atoms. The van der Waals surface area contributed by atoms with E-state index in [-0.39, 0.29) is 19.2 Å². The van der Waals surface area contributed by atoms with Gasteiger partial charge in [0.1, 0.15) is 6.54 Å². The molecule has 0 aromatic carbocycles. The van der Waals surface area contributed by atoms with Crippen LogP contribution >= 0.6 is 0 Å². The van der Waals surface area contributed by atoms with Crippen LogP contribution in [0.2, 0.25) is 0 Å². The van der Waals surface area contributed by atoms with E-state index in [2.05, 4.69) is 5.32 Å². The third-order valence-electron chi connectivity index (χ3n) is 2.26. The van der Waals surface area contributed by atoms with Crippen LogP contribution in [0.5, 0.6) is 0 Å². The van der Waals surface area contributed by atoms with Crippen LogP contribution in [-0.2, 0) is 18.4 Å². The average Bonchev–Trinajstić information content (AvgIpc) is 2.29. The molecule has 0 saturated carbocycles. The normalized spacial score (nSPS) is 12.2. The Bertz CT molecular complexity index is 517. The Balaban J connectivity index is 2.83. The molecule has 1 amide bonds. The number of rotatable bonds is 4. The number of carbonyl (C=O) groups excluding carboxylic acids is 1. The summed E-state index contributed by atoms with van der Waals surface area (Å²) in [6.07, 6.45) is 1.27. The van der Waals surface area contributed by atoms with Gasteiger partial charge in [-0.05, 0) is 6.92 Å². The predicted octanol–water partition coefficient (Wildman–Crippen LogP) is -1.96. The molecule has 0 spiro atoms. The van der Waals surface area contributed by atoms with Gasteiger partial charge in [-0.1, -0.05) is 0 Å². The van der Waals surface area contributed by atoms with E-state index in [1.165, 1.54) is 19.3 Å². The number of hydrogen-bond donors (Lipinski definition) is 2. The number of aliphatic hydroxyl groups excluding tert-OH is 1. The minimum atomic E-state index is -0.552. The van der Waals surface area contributed by atoms with Crippen molar-refractivity contribution >= 4 is 5.91 Å². The van der Waals surface area contributed by atoms with Crippen LogP contribution in [0.25, 0.3) is 0 Å². The summed E-state index contributed by atoms with van der Waals surface area (Å²) in [7, 11) is 1.34. The highest BCUT2D eigenvalue weighted by molar-refractivity contribution is 5.75. The molecule has 94 valence electrons. The van der Waals surface area contributed by atoms with Gasteiger partial charge >= 0.3 is 5.69 Å². The molecule has 0 aliphatic rings. The van der Waals surface area contributed by atoms with Gasteiger partial charge in [0.15, 0.2) is 0 Å². The second-order valence-corrected chi connectivity index (χ2v) is 3.77. The zero-order valence-corrected chi connectivity index (χ0v) is 9.71. The van der Waals surface area contributed by atoms with E-state index in [9.17, 15) is 14.4 Å². The lowest BCUT2D eigenvalue weighted by molar-refractivity contribution is -0.122. The van der Waals surface area contributed by atoms with Crippen LogP contribution in [0.4, 0.5) is 0 Å². The Labute approximate surface area is 97.3 Å². The van der Waals surface area contributed by atoms with Crippen molar-refractivity contribution in [1.82, 2.24) is 14.5 Å². The standard InChI is InChI=1S/C10H15N3O4/c1-7(6-14)11-8(15)5-13-4-3-9(16)12(2)10(13)17/h3-4,7,14H,5-6H2,1-2H3,(H,11,15)/t7-/m1/s1. The fourth-order valence-corrected chi connectivity index (χ4v) is 1.26. The first kappa shape index (κ1) is 13.2. The minimum absolute atomic E-state index is 0.173. The van der Waals surface area contributed by atoms with E-state index >= 15 is 0 Å². The van der Waals surface area contributed by atoms with E-state index in [1.807, 2.05) is 0 Å². The van der Waals surface area contributed by atoms with Crippen molar-refractivity contribution in [3.05, 3.63) is 33.1 Å². The maximum absolute atomic E-state index is 11.6. The van der Waals surface area contributed by atoms with Gasteiger partial charge in [0.05, 0.1) is 6.61 Å². The van der Waals surface area contributed by atoms with Gasteiger partial charge in [0.2, 0.25) is 5.91 Å². The summed E-state index contributed by atoms with van der Waals surface area (Å²) < 4.78 is 2.05. The van der Waals surface area contributed by atoms with Crippen molar-refractivity contribution in [2.45, 2.75) is 19.5 Å². The number of aromatic nitrogens is 2. The molecular weight excluding hydrogens is 226 g/mol. The fraction of sp³-hybridized carbons (Fsp3) is 0.500. The smallest absolute Gasteiger partial charge is 0.331 e. The van der Waals surface area contributed by atoms with Crippen LogP contribution in [0.3, 0.4) is 0 Å². The molecule has 1 rings (SSSR count). The Morgan fingerprint density at radius 3 is 2.76 bits per heavy atom. The molecule has 17 heavy (non-hydrogen) atoms. The number of nitrogens with zero attached hydrogens (tertiary/aromatic N) is 2. The lowest BCUT2D eigenvalue weighted by Crippen LogP contribution is -2.42. The largest absolute Gasteiger partial charge is 0.394 e. The molecule has 0 saturated heterocycles. The Kier molecular flexibility index (Phi) is 4.22. The average molecular weight is 241 g/mol. The third-order valence-corrected chi connectivity index (χ3v) is 2.26. The highest BCUT2D eigenvalue weighted by atomic mass is 16.3. The molecule has 0 aliphatic carbocycles. The highest BCUT2D eigenvalue weighted by Gasteiger charge is 2.09. The number of hydrogen-bond acceptors (Lipinski definition) is 4. The molecule has 1 heterocycles. The van der Waals surface area contributed by atoms with Gasteiger partial charge in [-0.3, -0.25) is 18.7 Å². The van der Waals surface area contributed by atoms with E-state index in [0.29, 0.717) is 0 Å². The van der Waals surface area contributed by atoms with Crippen LogP contribution < -0.4 is 16.6 Å². The maximum Gasteiger partial charge on any atom is 0.331 e. The summed E-state index contributed by atoms with van der Waals surface area (Å²) in [6, 6.07) is 0.843. The van der Waals surface area contributed by atoms with Gasteiger partial charge < -0.3 is 10.4 Å². The molecule has 0 radical (unpaired) electrons. The number of amides is 1. The summed E-state index contributed by atoms with van der Waals surface area (Å²) >= 11 is 0. The number of nitrogens with one attached hydrogen (secondary N) is 1. The quantitative estimate of drug-likeness (QED) is 0.640. The van der Waals surface area contributed by atoms with Crippen molar-refractivity contribution in [3.8, 4) is 0 Å². The molecule has 0 unspecified atom stereocenters. The second kappa shape index (κ2) is 5.44. The summed E-state index contributed by atoms with van der Waals surface area (Å²) in [5, 5.41) is 11.3. The van der Waals surface area contributed by atoms with Crippen molar-refractivity contribution in [2.24, 2.45) is 7.05 Å². The van der Waals surface area contributed by atoms with E-state index in [4.69, 9.17) is 5.11 Å². The highest BCUT2D eigenvalue weighted by Crippen LogP contribution is 1.83. The first-order valence-corrected chi connectivity index (χ1v) is 5.12. The van der Waals surface area contributed by atoms with Crippen molar-refractivity contribution in [2.75, 3.05) is 6.61 Å². The Morgan fingerprint density at radius 2 is 2.18 bits per heavy atom. The van der Waals surface area contributed by atoms with Gasteiger partial charge in [-0.2, -0.15) is 0 Å². The lowest BCUT2D eigenvalue weighted by Gasteiger charge is -2.11. The summed E-state index contributed by atoms with van der Waals surface area (Å²) in [6.45, 7) is 1.28. The van der Waals surface area contributed by atoms with Crippen LogP contribution in [0.1, 0.15) is 6.92 Å². The summed E-state index contributed by atoms with van der Waals surface area (Å²) in [5.41, 5.74) is -0.973. The molecular formula is C10H15N3O4. The SMILES string of the molecule is C[C@H](CO)NC(=O)Cn1ccc(=O)n(C)c1=O. The topological polar surface area (TPSA) is 93.3 Å². The Hall–Kier alpha value is -1.89. The predicted molar refractivity (Wildman–Crippen MR) is 60.6 cm³/mol. The van der Waals surface area contributed by atoms with Crippen molar-refractivity contribution < 1.29 is 9.90 Å². The van der Waals surface area contributed by atoms with Crippen LogP contribution in [0, 0.1) is 0 Å². The van der Waals surface area contributed by atoms with Crippen molar-refractivity contribution in [1.29, 1.82) is 0 Å². The zero-order valence-electron chi connectivity index (χ0n) is 9.71. The fourth-order valence-electron chi connectivity index (χ4n) is 1.26. The molecule has 7 heteroatoms. The van der Waals surface area contributed by atoms with Crippen molar-refractivity contribution in [3.63, 3.8) is 0 Å². The molecule has 1 atom stereocenters. The summed E-state index contributed by atoms with van der Waals surface area (Å²) in [5.74, 6) is -0.396. The summed E-state index contributed by atoms with van der Waals surface area (Å²) in [4.78, 5) is 34.2. The van der Waals surface area contributed by atoms with Crippen LogP contribution in [-0.4, -0.2) is 32.8 Å². The molecule has 1 aromatic heterocycles. The molecule has 1 aromatic rings. The first-order valence-electron chi connectivity index (χ1n) is 5.12. The van der Waals surface area contributed by atoms with Gasteiger partial charge in [-0.25, -0.2) is 4.79 Å². The number of carbonyl (C=O) groups is 1. The van der Waals surface area contributed by atoms with E-state index < -0.39 is 17.2 Å². The minimum Gasteiger partial charge on any atom is -0.394 e. The zero-order chi connectivity index (χ0) is 13.0. The Morgan fingerprint density at radius 1 is 1.53 bits per heavy atom. The monoisotopic (exact) mass is 241 g/mol. The van der Waals surface area contributed by atoms with Gasteiger partial charge in [0, 0.05) is 25.4 Å².